The van der Waals surface area contributed by atoms with E-state index in [0.717, 1.165) is 5.56 Å². The van der Waals surface area contributed by atoms with Gasteiger partial charge in [0.05, 0.1) is 18.2 Å². The standard InChI is InChI=1S/C22H27ClN2O5S/c1-15(2)19-6-5-18(12-16(19)3)30-14-22(26)24-17-4-7-20(23)21(13-17)31(27,28)25-8-10-29-11-9-25/h4-7,12-13,15H,8-11,14H2,1-3H3,(H,24,26). The second-order valence-electron chi connectivity index (χ2n) is 7.67. The summed E-state index contributed by atoms with van der Waals surface area (Å²) in [5.41, 5.74) is 2.66. The number of nitrogens with zero attached hydrogens (tertiary/aromatic N) is 1. The lowest BCUT2D eigenvalue weighted by Gasteiger charge is -2.26. The van der Waals surface area contributed by atoms with Crippen LogP contribution in [0.1, 0.15) is 30.9 Å². The van der Waals surface area contributed by atoms with Crippen LogP contribution in [-0.2, 0) is 19.6 Å². The van der Waals surface area contributed by atoms with Crippen molar-refractivity contribution in [3.8, 4) is 5.75 Å². The van der Waals surface area contributed by atoms with Crippen LogP contribution in [0.4, 0.5) is 5.69 Å². The maximum atomic E-state index is 12.9. The molecule has 0 saturated carbocycles. The number of rotatable bonds is 7. The zero-order valence-corrected chi connectivity index (χ0v) is 19.4. The van der Waals surface area contributed by atoms with E-state index in [2.05, 4.69) is 19.2 Å². The second kappa shape index (κ2) is 9.99. The minimum Gasteiger partial charge on any atom is -0.484 e. The number of halogens is 1. The molecule has 2 aromatic carbocycles. The number of anilines is 1. The third kappa shape index (κ3) is 5.77. The Balaban J connectivity index is 1.67. The Labute approximate surface area is 188 Å². The molecule has 0 aromatic heterocycles. The number of hydrogen-bond acceptors (Lipinski definition) is 5. The van der Waals surface area contributed by atoms with Crippen LogP contribution >= 0.6 is 11.6 Å². The molecule has 1 heterocycles. The van der Waals surface area contributed by atoms with Crippen LogP contribution in [-0.4, -0.2) is 51.5 Å². The molecule has 2 aromatic rings. The third-order valence-corrected chi connectivity index (χ3v) is 7.42. The van der Waals surface area contributed by atoms with E-state index < -0.39 is 15.9 Å². The maximum absolute atomic E-state index is 12.9. The van der Waals surface area contributed by atoms with E-state index in [1.165, 1.54) is 22.0 Å². The molecule has 31 heavy (non-hydrogen) atoms. The van der Waals surface area contributed by atoms with E-state index in [0.29, 0.717) is 30.6 Å². The van der Waals surface area contributed by atoms with Gasteiger partial charge >= 0.3 is 0 Å². The van der Waals surface area contributed by atoms with Crippen molar-refractivity contribution in [1.82, 2.24) is 4.31 Å². The van der Waals surface area contributed by atoms with Crippen molar-refractivity contribution in [2.45, 2.75) is 31.6 Å². The van der Waals surface area contributed by atoms with Gasteiger partial charge < -0.3 is 14.8 Å². The highest BCUT2D eigenvalue weighted by Gasteiger charge is 2.28. The van der Waals surface area contributed by atoms with Crippen LogP contribution in [0.5, 0.6) is 5.75 Å². The van der Waals surface area contributed by atoms with Crippen LogP contribution in [0, 0.1) is 6.92 Å². The number of ether oxygens (including phenoxy) is 2. The predicted octanol–water partition coefficient (Wildman–Crippen LogP) is 3.81. The lowest BCUT2D eigenvalue weighted by atomic mass is 9.98. The van der Waals surface area contributed by atoms with Gasteiger partial charge in [0.15, 0.2) is 6.61 Å². The number of hydrogen-bond donors (Lipinski definition) is 1. The van der Waals surface area contributed by atoms with Gasteiger partial charge in [-0.05, 0) is 54.3 Å². The summed E-state index contributed by atoms with van der Waals surface area (Å²) < 4.78 is 38.0. The molecule has 0 aliphatic carbocycles. The molecule has 168 valence electrons. The zero-order valence-electron chi connectivity index (χ0n) is 17.9. The van der Waals surface area contributed by atoms with Gasteiger partial charge in [0.1, 0.15) is 10.6 Å². The molecule has 1 aliphatic rings. The van der Waals surface area contributed by atoms with E-state index in [-0.39, 0.29) is 29.6 Å². The molecule has 0 spiro atoms. The number of benzene rings is 2. The quantitative estimate of drug-likeness (QED) is 0.670. The molecule has 1 amide bonds. The molecule has 0 atom stereocenters. The summed E-state index contributed by atoms with van der Waals surface area (Å²) in [5, 5.41) is 2.77. The van der Waals surface area contributed by atoms with Gasteiger partial charge in [0, 0.05) is 18.8 Å². The first-order chi connectivity index (χ1) is 14.7. The first-order valence-electron chi connectivity index (χ1n) is 10.1. The van der Waals surface area contributed by atoms with Gasteiger partial charge in [-0.1, -0.05) is 31.5 Å². The fourth-order valence-corrected chi connectivity index (χ4v) is 5.34. The number of nitrogens with one attached hydrogen (secondary N) is 1. The minimum atomic E-state index is -3.78. The zero-order chi connectivity index (χ0) is 22.6. The summed E-state index contributed by atoms with van der Waals surface area (Å²) in [7, 11) is -3.78. The largest absolute Gasteiger partial charge is 0.484 e. The summed E-state index contributed by atoms with van der Waals surface area (Å²) in [6.07, 6.45) is 0. The molecule has 1 N–H and O–H groups in total. The number of morpholine rings is 1. The minimum absolute atomic E-state index is 0.0466. The molecule has 1 fully saturated rings. The summed E-state index contributed by atoms with van der Waals surface area (Å²) in [6.45, 7) is 7.24. The highest BCUT2D eigenvalue weighted by Crippen LogP contribution is 2.28. The monoisotopic (exact) mass is 466 g/mol. The third-order valence-electron chi connectivity index (χ3n) is 5.04. The number of carbonyl (C=O) groups is 1. The van der Waals surface area contributed by atoms with Crippen LogP contribution in [0.3, 0.4) is 0 Å². The fraction of sp³-hybridized carbons (Fsp3) is 0.409. The second-order valence-corrected chi connectivity index (χ2v) is 9.99. The van der Waals surface area contributed by atoms with Gasteiger partial charge in [0.25, 0.3) is 5.91 Å². The first kappa shape index (κ1) is 23.5. The first-order valence-corrected chi connectivity index (χ1v) is 11.9. The SMILES string of the molecule is Cc1cc(OCC(=O)Nc2ccc(Cl)c(S(=O)(=O)N3CCOCC3)c2)ccc1C(C)C. The molecule has 0 radical (unpaired) electrons. The molecule has 7 nitrogen and oxygen atoms in total. The van der Waals surface area contributed by atoms with Crippen molar-refractivity contribution < 1.29 is 22.7 Å². The number of carbonyl (C=O) groups excluding carboxylic acids is 1. The Morgan fingerprint density at radius 3 is 2.55 bits per heavy atom. The highest BCUT2D eigenvalue weighted by molar-refractivity contribution is 7.89. The predicted molar refractivity (Wildman–Crippen MR) is 120 cm³/mol. The normalized spacial score (nSPS) is 15.1. The van der Waals surface area contributed by atoms with Crippen molar-refractivity contribution in [2.24, 2.45) is 0 Å². The van der Waals surface area contributed by atoms with Crippen molar-refractivity contribution in [3.05, 3.63) is 52.5 Å². The summed E-state index contributed by atoms with van der Waals surface area (Å²) in [6, 6.07) is 10.1. The number of aryl methyl sites for hydroxylation is 1. The average molecular weight is 467 g/mol. The van der Waals surface area contributed by atoms with Crippen LogP contribution in [0.2, 0.25) is 5.02 Å². The smallest absolute Gasteiger partial charge is 0.262 e. The van der Waals surface area contributed by atoms with Gasteiger partial charge in [-0.2, -0.15) is 4.31 Å². The topological polar surface area (TPSA) is 84.9 Å². The van der Waals surface area contributed by atoms with Crippen molar-refractivity contribution in [2.75, 3.05) is 38.2 Å². The Bertz CT molecular complexity index is 1050. The van der Waals surface area contributed by atoms with E-state index in [9.17, 15) is 13.2 Å². The molecular weight excluding hydrogens is 440 g/mol. The van der Waals surface area contributed by atoms with E-state index in [1.54, 1.807) is 6.07 Å². The lowest BCUT2D eigenvalue weighted by Crippen LogP contribution is -2.40. The molecule has 0 unspecified atom stereocenters. The van der Waals surface area contributed by atoms with Crippen LogP contribution in [0.25, 0.3) is 0 Å². The van der Waals surface area contributed by atoms with Crippen molar-refractivity contribution in [3.63, 3.8) is 0 Å². The average Bonchev–Trinajstić information content (AvgIpc) is 2.74. The van der Waals surface area contributed by atoms with Crippen LogP contribution < -0.4 is 10.1 Å². The van der Waals surface area contributed by atoms with Gasteiger partial charge in [-0.3, -0.25) is 4.79 Å². The molecular formula is C22H27ClN2O5S. The van der Waals surface area contributed by atoms with Crippen molar-refractivity contribution in [1.29, 1.82) is 0 Å². The summed E-state index contributed by atoms with van der Waals surface area (Å²) in [5.74, 6) is 0.608. The lowest BCUT2D eigenvalue weighted by molar-refractivity contribution is -0.118. The Morgan fingerprint density at radius 2 is 1.90 bits per heavy atom. The Hall–Kier alpha value is -2.13. The fourth-order valence-electron chi connectivity index (χ4n) is 3.44. The number of sulfonamides is 1. The molecule has 3 rings (SSSR count). The molecule has 1 aliphatic heterocycles. The van der Waals surface area contributed by atoms with Gasteiger partial charge in [0.2, 0.25) is 10.0 Å². The maximum Gasteiger partial charge on any atom is 0.262 e. The Kier molecular flexibility index (Phi) is 7.59. The van der Waals surface area contributed by atoms with Gasteiger partial charge in [-0.15, -0.1) is 0 Å². The van der Waals surface area contributed by atoms with Gasteiger partial charge in [-0.25, -0.2) is 8.42 Å². The molecule has 0 bridgehead atoms. The van der Waals surface area contributed by atoms with E-state index >= 15 is 0 Å². The summed E-state index contributed by atoms with van der Waals surface area (Å²) >= 11 is 6.15. The van der Waals surface area contributed by atoms with Crippen molar-refractivity contribution >= 4 is 33.2 Å². The van der Waals surface area contributed by atoms with E-state index in [1.807, 2.05) is 25.1 Å². The highest BCUT2D eigenvalue weighted by atomic mass is 35.5. The van der Waals surface area contributed by atoms with Crippen LogP contribution in [0.15, 0.2) is 41.3 Å². The number of amides is 1. The summed E-state index contributed by atoms with van der Waals surface area (Å²) in [4.78, 5) is 12.3. The van der Waals surface area contributed by atoms with E-state index in [4.69, 9.17) is 21.1 Å². The Morgan fingerprint density at radius 1 is 1.19 bits per heavy atom. The molecule has 9 heteroatoms. The molecule has 1 saturated heterocycles.